The van der Waals surface area contributed by atoms with Crippen LogP contribution in [0.4, 0.5) is 0 Å². The molecule has 122 valence electrons. The van der Waals surface area contributed by atoms with E-state index in [0.29, 0.717) is 18.3 Å². The second-order valence-corrected chi connectivity index (χ2v) is 6.01. The molecule has 1 aliphatic heterocycles. The SMILES string of the molecule is BNC1CCN(CCn2c(=O)ccc3ncc(OC)cc32)CC1. The molecule has 1 fully saturated rings. The normalized spacial score (nSPS) is 16.7. The van der Waals surface area contributed by atoms with E-state index in [1.54, 1.807) is 30.0 Å². The molecule has 3 rings (SSSR count). The number of methoxy groups -OCH3 is 1. The van der Waals surface area contributed by atoms with Gasteiger partial charge in [0.25, 0.3) is 5.56 Å². The zero-order valence-corrected chi connectivity index (χ0v) is 13.8. The molecule has 1 saturated heterocycles. The third-order valence-corrected chi connectivity index (χ3v) is 4.68. The molecule has 2 aromatic rings. The lowest BCUT2D eigenvalue weighted by molar-refractivity contribution is 0.201. The first-order chi connectivity index (χ1) is 11.2. The average Bonchev–Trinajstić information content (AvgIpc) is 2.61. The number of rotatable bonds is 5. The maximum absolute atomic E-state index is 12.3. The number of likely N-dealkylation sites (tertiary alicyclic amines) is 1. The zero-order chi connectivity index (χ0) is 16.2. The first kappa shape index (κ1) is 16.0. The van der Waals surface area contributed by atoms with Gasteiger partial charge < -0.3 is 19.4 Å². The van der Waals surface area contributed by atoms with Crippen LogP contribution < -0.4 is 15.5 Å². The molecule has 0 aromatic carbocycles. The molecule has 0 unspecified atom stereocenters. The van der Waals surface area contributed by atoms with Crippen LogP contribution in [0.1, 0.15) is 12.8 Å². The summed E-state index contributed by atoms with van der Waals surface area (Å²) in [6.45, 7) is 3.71. The molecule has 6 nitrogen and oxygen atoms in total. The maximum atomic E-state index is 12.3. The van der Waals surface area contributed by atoms with Crippen LogP contribution in [0.3, 0.4) is 0 Å². The minimum absolute atomic E-state index is 0.0117. The van der Waals surface area contributed by atoms with E-state index >= 15 is 0 Å². The molecule has 2 aromatic heterocycles. The van der Waals surface area contributed by atoms with Gasteiger partial charge in [-0.05, 0) is 38.0 Å². The lowest BCUT2D eigenvalue weighted by Crippen LogP contribution is -2.43. The van der Waals surface area contributed by atoms with Gasteiger partial charge in [0.1, 0.15) is 5.75 Å². The number of hydrogen-bond acceptors (Lipinski definition) is 5. The fourth-order valence-corrected chi connectivity index (χ4v) is 3.18. The number of nitrogens with zero attached hydrogens (tertiary/aromatic N) is 3. The van der Waals surface area contributed by atoms with Crippen LogP contribution in [0, 0.1) is 0 Å². The highest BCUT2D eigenvalue weighted by Crippen LogP contribution is 2.17. The second-order valence-electron chi connectivity index (χ2n) is 6.01. The molecule has 0 atom stereocenters. The Kier molecular flexibility index (Phi) is 4.98. The van der Waals surface area contributed by atoms with Gasteiger partial charge in [0.15, 0.2) is 7.98 Å². The molecule has 0 spiro atoms. The van der Waals surface area contributed by atoms with Gasteiger partial charge in [-0.15, -0.1) is 0 Å². The summed E-state index contributed by atoms with van der Waals surface area (Å²) in [5, 5.41) is 3.34. The fourth-order valence-electron chi connectivity index (χ4n) is 3.18. The van der Waals surface area contributed by atoms with Crippen LogP contribution in [0.2, 0.25) is 0 Å². The first-order valence-electron chi connectivity index (χ1n) is 8.14. The van der Waals surface area contributed by atoms with Crippen molar-refractivity contribution in [2.45, 2.75) is 25.4 Å². The monoisotopic (exact) mass is 314 g/mol. The van der Waals surface area contributed by atoms with Crippen molar-refractivity contribution in [1.29, 1.82) is 0 Å². The summed E-state index contributed by atoms with van der Waals surface area (Å²) >= 11 is 0. The summed E-state index contributed by atoms with van der Waals surface area (Å²) in [4.78, 5) is 19.1. The highest BCUT2D eigenvalue weighted by Gasteiger charge is 2.17. The van der Waals surface area contributed by atoms with Gasteiger partial charge in [0.05, 0.1) is 24.3 Å². The predicted octanol–water partition coefficient (Wildman–Crippen LogP) is 0.00720. The van der Waals surface area contributed by atoms with Crippen molar-refractivity contribution in [3.05, 3.63) is 34.7 Å². The largest absolute Gasteiger partial charge is 0.495 e. The molecule has 0 saturated carbocycles. The Morgan fingerprint density at radius 3 is 2.83 bits per heavy atom. The molecule has 0 bridgehead atoms. The number of ether oxygens (including phenoxy) is 1. The van der Waals surface area contributed by atoms with Gasteiger partial charge >= 0.3 is 0 Å². The summed E-state index contributed by atoms with van der Waals surface area (Å²) in [7, 11) is 3.64. The van der Waals surface area contributed by atoms with E-state index in [4.69, 9.17) is 4.74 Å². The number of nitrogens with one attached hydrogen (secondary N) is 1. The van der Waals surface area contributed by atoms with Crippen LogP contribution in [0.15, 0.2) is 29.2 Å². The van der Waals surface area contributed by atoms with Crippen molar-refractivity contribution in [3.8, 4) is 5.75 Å². The molecular weight excluding hydrogens is 291 g/mol. The molecule has 23 heavy (non-hydrogen) atoms. The highest BCUT2D eigenvalue weighted by molar-refractivity contribution is 6.04. The van der Waals surface area contributed by atoms with Crippen LogP contribution in [-0.2, 0) is 6.54 Å². The number of pyridine rings is 2. The molecular formula is C16H23BN4O2. The Labute approximate surface area is 136 Å². The van der Waals surface area contributed by atoms with Crippen LogP contribution in [0.25, 0.3) is 11.0 Å². The lowest BCUT2D eigenvalue weighted by atomic mass is 10.0. The first-order valence-corrected chi connectivity index (χ1v) is 8.14. The van der Waals surface area contributed by atoms with Crippen molar-refractivity contribution >= 4 is 19.0 Å². The third-order valence-electron chi connectivity index (χ3n) is 4.68. The van der Waals surface area contributed by atoms with E-state index in [-0.39, 0.29) is 5.56 Å². The van der Waals surface area contributed by atoms with Crippen LogP contribution >= 0.6 is 0 Å². The summed E-state index contributed by atoms with van der Waals surface area (Å²) in [5.41, 5.74) is 1.67. The number of aromatic nitrogens is 2. The van der Waals surface area contributed by atoms with Gasteiger partial charge in [0, 0.05) is 25.2 Å². The average molecular weight is 314 g/mol. The van der Waals surface area contributed by atoms with Crippen molar-refractivity contribution in [3.63, 3.8) is 0 Å². The van der Waals surface area contributed by atoms with E-state index in [1.807, 2.05) is 14.0 Å². The lowest BCUT2D eigenvalue weighted by Gasteiger charge is -2.32. The van der Waals surface area contributed by atoms with E-state index < -0.39 is 0 Å². The molecule has 0 radical (unpaired) electrons. The fraction of sp³-hybridized carbons (Fsp3) is 0.500. The summed E-state index contributed by atoms with van der Waals surface area (Å²) in [6, 6.07) is 5.87. The standard InChI is InChI=1S/C16H23BN4O2/c1-23-13-10-15-14(18-11-13)2-3-16(22)21(15)9-8-20-6-4-12(19-17)5-7-20/h2-3,10-12,19H,4-9,17H2,1H3. The molecule has 0 aliphatic carbocycles. The topological polar surface area (TPSA) is 59.4 Å². The van der Waals surface area contributed by atoms with Gasteiger partial charge in [-0.1, -0.05) is 0 Å². The number of hydrogen-bond donors (Lipinski definition) is 1. The summed E-state index contributed by atoms with van der Waals surface area (Å²) < 4.78 is 7.04. The van der Waals surface area contributed by atoms with Gasteiger partial charge in [-0.25, -0.2) is 0 Å². The van der Waals surface area contributed by atoms with Crippen LogP contribution in [-0.4, -0.2) is 55.2 Å². The van der Waals surface area contributed by atoms with E-state index in [2.05, 4.69) is 15.1 Å². The Bertz CT molecular complexity index is 726. The number of piperidine rings is 1. The van der Waals surface area contributed by atoms with Gasteiger partial charge in [-0.2, -0.15) is 0 Å². The second kappa shape index (κ2) is 7.15. The van der Waals surface area contributed by atoms with E-state index in [9.17, 15) is 4.79 Å². The van der Waals surface area contributed by atoms with E-state index in [0.717, 1.165) is 43.5 Å². The highest BCUT2D eigenvalue weighted by atomic mass is 16.5. The summed E-state index contributed by atoms with van der Waals surface area (Å²) in [5.74, 6) is 0.673. The van der Waals surface area contributed by atoms with Gasteiger partial charge in [0.2, 0.25) is 0 Å². The third kappa shape index (κ3) is 3.56. The molecule has 1 aliphatic rings. The quantitative estimate of drug-likeness (QED) is 0.788. The Morgan fingerprint density at radius 2 is 2.13 bits per heavy atom. The van der Waals surface area contributed by atoms with E-state index in [1.165, 1.54) is 0 Å². The van der Waals surface area contributed by atoms with Crippen LogP contribution in [0.5, 0.6) is 5.75 Å². The minimum atomic E-state index is 0.0117. The Morgan fingerprint density at radius 1 is 1.35 bits per heavy atom. The Balaban J connectivity index is 1.77. The molecule has 3 heterocycles. The molecule has 1 N–H and O–H groups in total. The molecule has 0 amide bonds. The smallest absolute Gasteiger partial charge is 0.251 e. The molecule has 7 heteroatoms. The zero-order valence-electron chi connectivity index (χ0n) is 13.8. The minimum Gasteiger partial charge on any atom is -0.495 e. The van der Waals surface area contributed by atoms with Crippen molar-refractivity contribution in [2.75, 3.05) is 26.7 Å². The summed E-state index contributed by atoms with van der Waals surface area (Å²) in [6.07, 6.45) is 4.01. The van der Waals surface area contributed by atoms with Crippen molar-refractivity contribution < 1.29 is 4.74 Å². The Hall–Kier alpha value is -1.86. The maximum Gasteiger partial charge on any atom is 0.251 e. The van der Waals surface area contributed by atoms with Crippen molar-refractivity contribution in [1.82, 2.24) is 19.7 Å². The van der Waals surface area contributed by atoms with Crippen molar-refractivity contribution in [2.24, 2.45) is 0 Å². The predicted molar refractivity (Wildman–Crippen MR) is 93.7 cm³/mol. The van der Waals surface area contributed by atoms with Gasteiger partial charge in [-0.3, -0.25) is 9.78 Å². The number of fused-ring (bicyclic) bond motifs is 1.